The molecule has 0 aromatic carbocycles. The van der Waals surface area contributed by atoms with Crippen molar-refractivity contribution in [3.63, 3.8) is 0 Å². The molecule has 2 aliphatic rings. The van der Waals surface area contributed by atoms with Crippen LogP contribution in [0.1, 0.15) is 39.5 Å². The van der Waals surface area contributed by atoms with Crippen molar-refractivity contribution in [3.8, 4) is 0 Å². The summed E-state index contributed by atoms with van der Waals surface area (Å²) in [5.74, 6) is 0.825. The molecule has 2 rings (SSSR count). The second kappa shape index (κ2) is 6.72. The van der Waals surface area contributed by atoms with Crippen LogP contribution in [0.5, 0.6) is 0 Å². The largest absolute Gasteiger partial charge is 0.377 e. The molecule has 3 atom stereocenters. The molecule has 0 spiro atoms. The lowest BCUT2D eigenvalue weighted by molar-refractivity contribution is -0.0177. The fourth-order valence-electron chi connectivity index (χ4n) is 3.12. The predicted octanol–water partition coefficient (Wildman–Crippen LogP) is 1.88. The van der Waals surface area contributed by atoms with Gasteiger partial charge < -0.3 is 10.1 Å². The number of hydrogen-bond donors (Lipinski definition) is 1. The van der Waals surface area contributed by atoms with Gasteiger partial charge in [-0.2, -0.15) is 0 Å². The number of rotatable bonds is 4. The molecular weight excluding hydrogens is 212 g/mol. The van der Waals surface area contributed by atoms with Gasteiger partial charge in [-0.25, -0.2) is 0 Å². The van der Waals surface area contributed by atoms with Crippen molar-refractivity contribution < 1.29 is 4.74 Å². The maximum Gasteiger partial charge on any atom is 0.0702 e. The van der Waals surface area contributed by atoms with Crippen LogP contribution in [0, 0.1) is 5.92 Å². The first-order valence-electron chi connectivity index (χ1n) is 7.36. The van der Waals surface area contributed by atoms with Crippen molar-refractivity contribution in [2.45, 2.75) is 51.7 Å². The monoisotopic (exact) mass is 240 g/mol. The summed E-state index contributed by atoms with van der Waals surface area (Å²) in [5, 5.41) is 3.56. The quantitative estimate of drug-likeness (QED) is 0.812. The Kier molecular flexibility index (Phi) is 5.26. The van der Waals surface area contributed by atoms with Gasteiger partial charge in [-0.05, 0) is 44.7 Å². The average molecular weight is 240 g/mol. The van der Waals surface area contributed by atoms with Crippen LogP contribution in [-0.4, -0.2) is 49.8 Å². The summed E-state index contributed by atoms with van der Waals surface area (Å²) in [6.07, 6.45) is 5.54. The first-order chi connectivity index (χ1) is 8.29. The summed E-state index contributed by atoms with van der Waals surface area (Å²) in [5.41, 5.74) is 0. The molecule has 2 fully saturated rings. The van der Waals surface area contributed by atoms with E-state index in [-0.39, 0.29) is 0 Å². The predicted molar refractivity (Wildman–Crippen MR) is 71.3 cm³/mol. The minimum atomic E-state index is 0.487. The Hall–Kier alpha value is -0.120. The van der Waals surface area contributed by atoms with Crippen LogP contribution in [0.15, 0.2) is 0 Å². The van der Waals surface area contributed by atoms with Crippen LogP contribution in [0.2, 0.25) is 0 Å². The lowest BCUT2D eigenvalue weighted by Crippen LogP contribution is -2.53. The molecule has 1 N–H and O–H groups in total. The first-order valence-corrected chi connectivity index (χ1v) is 7.36. The van der Waals surface area contributed by atoms with E-state index in [9.17, 15) is 0 Å². The van der Waals surface area contributed by atoms with Gasteiger partial charge in [0.05, 0.1) is 6.10 Å². The highest BCUT2D eigenvalue weighted by Gasteiger charge is 2.28. The lowest BCUT2D eigenvalue weighted by atomic mass is 9.94. The van der Waals surface area contributed by atoms with E-state index >= 15 is 0 Å². The fourth-order valence-corrected chi connectivity index (χ4v) is 3.12. The van der Waals surface area contributed by atoms with E-state index in [0.717, 1.165) is 31.5 Å². The van der Waals surface area contributed by atoms with Crippen molar-refractivity contribution >= 4 is 0 Å². The Bertz CT molecular complexity index is 222. The highest BCUT2D eigenvalue weighted by atomic mass is 16.5. The van der Waals surface area contributed by atoms with Crippen molar-refractivity contribution in [1.82, 2.24) is 10.2 Å². The van der Waals surface area contributed by atoms with Crippen LogP contribution < -0.4 is 5.32 Å². The molecule has 3 heteroatoms. The van der Waals surface area contributed by atoms with Gasteiger partial charge in [-0.1, -0.05) is 13.8 Å². The van der Waals surface area contributed by atoms with E-state index in [1.54, 1.807) is 0 Å². The Balaban J connectivity index is 1.79. The standard InChI is InChI=1S/C14H28N2O/c1-3-7-17-14-5-4-6-16(11-14)13-8-12(2)9-15-10-13/h12-15H,3-11H2,1-2H3. The molecule has 2 aliphatic heterocycles. The summed E-state index contributed by atoms with van der Waals surface area (Å²) in [6.45, 7) is 10.3. The van der Waals surface area contributed by atoms with Gasteiger partial charge in [0, 0.05) is 25.7 Å². The SMILES string of the molecule is CCCOC1CCCN(C2CNCC(C)C2)C1. The molecule has 0 saturated carbocycles. The van der Waals surface area contributed by atoms with E-state index in [4.69, 9.17) is 4.74 Å². The molecule has 0 aromatic rings. The summed E-state index contributed by atoms with van der Waals surface area (Å²) in [7, 11) is 0. The number of likely N-dealkylation sites (tertiary alicyclic amines) is 1. The highest BCUT2D eigenvalue weighted by molar-refractivity contribution is 4.85. The van der Waals surface area contributed by atoms with Gasteiger partial charge in [0.2, 0.25) is 0 Å². The maximum atomic E-state index is 5.92. The zero-order valence-electron chi connectivity index (χ0n) is 11.5. The van der Waals surface area contributed by atoms with E-state index in [1.807, 2.05) is 0 Å². The van der Waals surface area contributed by atoms with Crippen molar-refractivity contribution in [3.05, 3.63) is 0 Å². The van der Waals surface area contributed by atoms with E-state index < -0.39 is 0 Å². The van der Waals surface area contributed by atoms with Gasteiger partial charge in [0.25, 0.3) is 0 Å². The van der Waals surface area contributed by atoms with Gasteiger partial charge in [0.15, 0.2) is 0 Å². The summed E-state index contributed by atoms with van der Waals surface area (Å²) < 4.78 is 5.92. The normalized spacial score (nSPS) is 36.0. The van der Waals surface area contributed by atoms with Gasteiger partial charge in [-0.15, -0.1) is 0 Å². The number of piperidine rings is 2. The maximum absolute atomic E-state index is 5.92. The van der Waals surface area contributed by atoms with Crippen LogP contribution in [-0.2, 0) is 4.74 Å². The lowest BCUT2D eigenvalue weighted by Gasteiger charge is -2.41. The average Bonchev–Trinajstić information content (AvgIpc) is 2.37. The second-order valence-corrected chi connectivity index (χ2v) is 5.78. The van der Waals surface area contributed by atoms with E-state index in [0.29, 0.717) is 6.10 Å². The van der Waals surface area contributed by atoms with Crippen molar-refractivity contribution in [2.24, 2.45) is 5.92 Å². The Morgan fingerprint density at radius 3 is 3.00 bits per heavy atom. The zero-order valence-corrected chi connectivity index (χ0v) is 11.5. The van der Waals surface area contributed by atoms with Crippen molar-refractivity contribution in [1.29, 1.82) is 0 Å². The third-order valence-corrected chi connectivity index (χ3v) is 4.03. The van der Waals surface area contributed by atoms with Gasteiger partial charge in [0.1, 0.15) is 0 Å². The molecule has 2 saturated heterocycles. The minimum Gasteiger partial charge on any atom is -0.377 e. The zero-order chi connectivity index (χ0) is 12.1. The topological polar surface area (TPSA) is 24.5 Å². The second-order valence-electron chi connectivity index (χ2n) is 5.78. The molecule has 3 nitrogen and oxygen atoms in total. The fraction of sp³-hybridized carbons (Fsp3) is 1.00. The molecular formula is C14H28N2O. The molecule has 2 heterocycles. The summed E-state index contributed by atoms with van der Waals surface area (Å²) in [6, 6.07) is 0.742. The van der Waals surface area contributed by atoms with Crippen LogP contribution >= 0.6 is 0 Å². The molecule has 17 heavy (non-hydrogen) atoms. The molecule has 0 bridgehead atoms. The molecule has 0 aromatic heterocycles. The third kappa shape index (κ3) is 3.94. The van der Waals surface area contributed by atoms with E-state index in [2.05, 4.69) is 24.1 Å². The number of nitrogens with one attached hydrogen (secondary N) is 1. The molecule has 0 amide bonds. The third-order valence-electron chi connectivity index (χ3n) is 4.03. The van der Waals surface area contributed by atoms with Crippen LogP contribution in [0.25, 0.3) is 0 Å². The molecule has 0 aliphatic carbocycles. The number of hydrogen-bond acceptors (Lipinski definition) is 3. The van der Waals surface area contributed by atoms with Gasteiger partial charge >= 0.3 is 0 Å². The smallest absolute Gasteiger partial charge is 0.0702 e. The first kappa shape index (κ1) is 13.3. The van der Waals surface area contributed by atoms with Gasteiger partial charge in [-0.3, -0.25) is 4.90 Å². The number of nitrogens with zero attached hydrogens (tertiary/aromatic N) is 1. The summed E-state index contributed by atoms with van der Waals surface area (Å²) in [4.78, 5) is 2.66. The van der Waals surface area contributed by atoms with Crippen LogP contribution in [0.3, 0.4) is 0 Å². The Labute approximate surface area is 106 Å². The van der Waals surface area contributed by atoms with Crippen LogP contribution in [0.4, 0.5) is 0 Å². The van der Waals surface area contributed by atoms with E-state index in [1.165, 1.54) is 38.9 Å². The molecule has 100 valence electrons. The minimum absolute atomic E-state index is 0.487. The summed E-state index contributed by atoms with van der Waals surface area (Å²) >= 11 is 0. The highest BCUT2D eigenvalue weighted by Crippen LogP contribution is 2.21. The van der Waals surface area contributed by atoms with Crippen molar-refractivity contribution in [2.75, 3.05) is 32.8 Å². The Morgan fingerprint density at radius 2 is 2.24 bits per heavy atom. The molecule has 0 radical (unpaired) electrons. The Morgan fingerprint density at radius 1 is 1.35 bits per heavy atom. The molecule has 3 unspecified atom stereocenters. The number of ether oxygens (including phenoxy) is 1.